The fourth-order valence-electron chi connectivity index (χ4n) is 5.74. The number of nitrogens with one attached hydrogen (secondary N) is 1. The van der Waals surface area contributed by atoms with Gasteiger partial charge in [0.15, 0.2) is 11.6 Å². The van der Waals surface area contributed by atoms with Crippen molar-refractivity contribution in [3.05, 3.63) is 59.7 Å². The van der Waals surface area contributed by atoms with Gasteiger partial charge in [-0.05, 0) is 78.9 Å². The van der Waals surface area contributed by atoms with Crippen molar-refractivity contribution in [3.8, 4) is 11.3 Å². The normalized spacial score (nSPS) is 18.0. The lowest BCUT2D eigenvalue weighted by Gasteiger charge is -2.42. The third kappa shape index (κ3) is 9.70. The SMILES string of the molecule is CS(=O)(=O)O.Cc1nc2c(F)cc(-c3nc(Nc4ccc(CN5CCOC(C)(CC(C)N(C)C)C5)cn4)ncc3F)cc2n1C(C)C. The van der Waals surface area contributed by atoms with Crippen LogP contribution in [-0.2, 0) is 21.4 Å². The molecule has 1 saturated heterocycles. The first-order valence-electron chi connectivity index (χ1n) is 15.3. The highest BCUT2D eigenvalue weighted by atomic mass is 32.2. The van der Waals surface area contributed by atoms with E-state index in [2.05, 4.69) is 63.0 Å². The number of ether oxygens (including phenoxy) is 1. The Bertz CT molecular complexity index is 1790. The Kier molecular flexibility index (Phi) is 11.3. The molecule has 256 valence electrons. The number of fused-ring (bicyclic) bond motifs is 1. The Labute approximate surface area is 275 Å². The predicted molar refractivity (Wildman–Crippen MR) is 178 cm³/mol. The van der Waals surface area contributed by atoms with Crippen molar-refractivity contribution < 1.29 is 26.5 Å². The van der Waals surface area contributed by atoms with Crippen molar-refractivity contribution in [2.24, 2.45) is 0 Å². The lowest BCUT2D eigenvalue weighted by molar-refractivity contribution is -0.111. The Morgan fingerprint density at radius 2 is 1.81 bits per heavy atom. The maximum atomic E-state index is 15.0. The van der Waals surface area contributed by atoms with Crippen LogP contribution in [0.4, 0.5) is 20.5 Å². The second kappa shape index (κ2) is 14.6. The number of rotatable bonds is 9. The molecule has 3 aromatic heterocycles. The molecule has 0 bridgehead atoms. The molecule has 4 aromatic rings. The fourth-order valence-corrected chi connectivity index (χ4v) is 5.74. The number of pyridine rings is 1. The molecule has 1 fully saturated rings. The van der Waals surface area contributed by atoms with Crippen LogP contribution in [0.15, 0.2) is 36.7 Å². The Hall–Kier alpha value is -3.63. The quantitative estimate of drug-likeness (QED) is 0.226. The van der Waals surface area contributed by atoms with E-state index in [-0.39, 0.29) is 28.8 Å². The average molecular weight is 675 g/mol. The first-order chi connectivity index (χ1) is 21.9. The molecule has 0 amide bonds. The van der Waals surface area contributed by atoms with Gasteiger partial charge in [0.1, 0.15) is 22.9 Å². The summed E-state index contributed by atoms with van der Waals surface area (Å²) in [5.41, 5.74) is 2.03. The maximum Gasteiger partial charge on any atom is 0.261 e. The summed E-state index contributed by atoms with van der Waals surface area (Å²) in [6.07, 6.45) is 4.57. The van der Waals surface area contributed by atoms with E-state index in [1.807, 2.05) is 43.7 Å². The number of aromatic nitrogens is 5. The standard InChI is InChI=1S/C31H40F2N8O.CH4O3S/c1-19(2)41-21(4)36-29-24(32)12-23(13-26(29)41)28-25(33)16-35-30(38-28)37-27-9-8-22(15-34-27)17-40-10-11-42-31(5,18-40)14-20(3)39(6)7;1-5(2,3)4/h8-9,12-13,15-16,19-20H,10-11,14,17-18H2,1-7H3,(H,34,35,37,38);1H3,(H,2,3,4). The molecule has 12 nitrogen and oxygen atoms in total. The van der Waals surface area contributed by atoms with E-state index in [0.29, 0.717) is 41.6 Å². The minimum absolute atomic E-state index is 0.00182. The van der Waals surface area contributed by atoms with Crippen molar-refractivity contribution in [2.75, 3.05) is 45.4 Å². The van der Waals surface area contributed by atoms with E-state index < -0.39 is 21.8 Å². The van der Waals surface area contributed by atoms with Crippen molar-refractivity contribution in [1.29, 1.82) is 0 Å². The molecule has 2 unspecified atom stereocenters. The monoisotopic (exact) mass is 674 g/mol. The van der Waals surface area contributed by atoms with Gasteiger partial charge in [-0.1, -0.05) is 6.07 Å². The van der Waals surface area contributed by atoms with Gasteiger partial charge >= 0.3 is 0 Å². The van der Waals surface area contributed by atoms with Gasteiger partial charge in [-0.2, -0.15) is 8.42 Å². The summed E-state index contributed by atoms with van der Waals surface area (Å²) in [6.45, 7) is 13.4. The number of halogens is 2. The smallest absolute Gasteiger partial charge is 0.261 e. The first-order valence-corrected chi connectivity index (χ1v) is 17.2. The molecular weight excluding hydrogens is 630 g/mol. The molecule has 1 aliphatic rings. The molecule has 2 N–H and O–H groups in total. The van der Waals surface area contributed by atoms with Crippen LogP contribution in [0.2, 0.25) is 0 Å². The number of nitrogens with zero attached hydrogens (tertiary/aromatic N) is 7. The minimum atomic E-state index is -3.67. The van der Waals surface area contributed by atoms with Crippen LogP contribution in [0.5, 0.6) is 0 Å². The minimum Gasteiger partial charge on any atom is -0.373 e. The number of benzene rings is 1. The molecule has 5 rings (SSSR count). The van der Waals surface area contributed by atoms with Crippen molar-refractivity contribution >= 4 is 32.9 Å². The number of morpholine rings is 1. The summed E-state index contributed by atoms with van der Waals surface area (Å²) in [7, 11) is 0.522. The van der Waals surface area contributed by atoms with Crippen molar-refractivity contribution in [1.82, 2.24) is 34.3 Å². The summed E-state index contributed by atoms with van der Waals surface area (Å²) >= 11 is 0. The second-order valence-corrected chi connectivity index (χ2v) is 14.2. The van der Waals surface area contributed by atoms with E-state index >= 15 is 4.39 Å². The molecule has 4 heterocycles. The highest BCUT2D eigenvalue weighted by molar-refractivity contribution is 7.85. The summed E-state index contributed by atoms with van der Waals surface area (Å²) in [6, 6.07) is 7.33. The fraction of sp³-hybridized carbons (Fsp3) is 0.500. The zero-order chi connectivity index (χ0) is 34.7. The molecule has 0 saturated carbocycles. The number of hydrogen-bond donors (Lipinski definition) is 2. The highest BCUT2D eigenvalue weighted by Crippen LogP contribution is 2.31. The molecule has 0 aliphatic carbocycles. The third-order valence-corrected chi connectivity index (χ3v) is 7.95. The van der Waals surface area contributed by atoms with Gasteiger partial charge in [0.05, 0.1) is 30.2 Å². The molecule has 1 aromatic carbocycles. The van der Waals surface area contributed by atoms with Gasteiger partial charge < -0.3 is 19.5 Å². The lowest BCUT2D eigenvalue weighted by Crippen LogP contribution is -2.52. The van der Waals surface area contributed by atoms with Crippen LogP contribution in [0.25, 0.3) is 22.3 Å². The molecular formula is C32H44F2N8O4S. The van der Waals surface area contributed by atoms with Crippen LogP contribution in [0.1, 0.15) is 51.5 Å². The number of imidazole rings is 1. The van der Waals surface area contributed by atoms with Gasteiger partial charge in [0.25, 0.3) is 10.1 Å². The largest absolute Gasteiger partial charge is 0.373 e. The predicted octanol–water partition coefficient (Wildman–Crippen LogP) is 5.23. The molecule has 0 spiro atoms. The summed E-state index contributed by atoms with van der Waals surface area (Å²) in [5, 5.41) is 3.05. The first kappa shape index (κ1) is 36.2. The van der Waals surface area contributed by atoms with Gasteiger partial charge in [0.2, 0.25) is 5.95 Å². The lowest BCUT2D eigenvalue weighted by atomic mass is 9.94. The molecule has 0 radical (unpaired) electrons. The van der Waals surface area contributed by atoms with Crippen LogP contribution < -0.4 is 5.32 Å². The van der Waals surface area contributed by atoms with Crippen molar-refractivity contribution in [3.63, 3.8) is 0 Å². The van der Waals surface area contributed by atoms with Gasteiger partial charge in [0, 0.05) is 43.5 Å². The van der Waals surface area contributed by atoms with E-state index in [1.54, 1.807) is 6.07 Å². The number of aryl methyl sites for hydroxylation is 1. The Balaban J connectivity index is 0.000000930. The molecule has 15 heteroatoms. The molecule has 1 aliphatic heterocycles. The van der Waals surface area contributed by atoms with Crippen molar-refractivity contribution in [2.45, 2.75) is 65.3 Å². The van der Waals surface area contributed by atoms with E-state index in [0.717, 1.165) is 37.8 Å². The molecule has 2 atom stereocenters. The zero-order valence-electron chi connectivity index (χ0n) is 28.1. The van der Waals surface area contributed by atoms with E-state index in [4.69, 9.17) is 9.29 Å². The Morgan fingerprint density at radius 1 is 1.11 bits per heavy atom. The number of hydrogen-bond acceptors (Lipinski definition) is 10. The number of anilines is 2. The Morgan fingerprint density at radius 3 is 2.43 bits per heavy atom. The van der Waals surface area contributed by atoms with Gasteiger partial charge in [-0.15, -0.1) is 0 Å². The maximum absolute atomic E-state index is 15.0. The van der Waals surface area contributed by atoms with E-state index in [9.17, 15) is 12.8 Å². The van der Waals surface area contributed by atoms with Gasteiger partial charge in [-0.25, -0.2) is 28.7 Å². The topological polar surface area (TPSA) is 139 Å². The second-order valence-electron chi connectivity index (χ2n) is 12.8. The van der Waals surface area contributed by atoms with Crippen LogP contribution >= 0.6 is 0 Å². The summed E-state index contributed by atoms with van der Waals surface area (Å²) in [4.78, 5) is 22.0. The van der Waals surface area contributed by atoms with Crippen LogP contribution in [-0.4, -0.2) is 99.0 Å². The van der Waals surface area contributed by atoms with Crippen LogP contribution in [0, 0.1) is 18.6 Å². The van der Waals surface area contributed by atoms with E-state index in [1.165, 1.54) is 6.07 Å². The average Bonchev–Trinajstić information content (AvgIpc) is 3.30. The summed E-state index contributed by atoms with van der Waals surface area (Å²) < 4.78 is 63.9. The molecule has 47 heavy (non-hydrogen) atoms. The van der Waals surface area contributed by atoms with Crippen LogP contribution in [0.3, 0.4) is 0 Å². The third-order valence-electron chi connectivity index (χ3n) is 7.95. The summed E-state index contributed by atoms with van der Waals surface area (Å²) in [5.74, 6) is 0.213. The highest BCUT2D eigenvalue weighted by Gasteiger charge is 2.34. The van der Waals surface area contributed by atoms with Gasteiger partial charge in [-0.3, -0.25) is 9.45 Å². The zero-order valence-corrected chi connectivity index (χ0v) is 28.9.